The molecule has 4 aromatic rings. The highest BCUT2D eigenvalue weighted by molar-refractivity contribution is 5.81. The summed E-state index contributed by atoms with van der Waals surface area (Å²) in [5.41, 5.74) is 5.05. The second-order valence-corrected chi connectivity index (χ2v) is 7.62. The number of methoxy groups -OCH3 is 2. The molecule has 5 nitrogen and oxygen atoms in total. The van der Waals surface area contributed by atoms with E-state index in [1.165, 1.54) is 0 Å². The highest BCUT2D eigenvalue weighted by atomic mass is 16.5. The fraction of sp³-hybridized carbons (Fsp3) is 0.143. The smallest absolute Gasteiger partial charge is 0.145 e. The number of aromatic nitrogens is 1. The van der Waals surface area contributed by atoms with Crippen molar-refractivity contribution < 1.29 is 9.47 Å². The summed E-state index contributed by atoms with van der Waals surface area (Å²) < 4.78 is 10.6. The van der Waals surface area contributed by atoms with Crippen LogP contribution < -0.4 is 14.8 Å². The van der Waals surface area contributed by atoms with Gasteiger partial charge in [0.1, 0.15) is 28.9 Å². The maximum absolute atomic E-state index is 10.1. The molecular formula is C28H25N3O2. The highest BCUT2D eigenvalue weighted by Gasteiger charge is 2.17. The molecule has 33 heavy (non-hydrogen) atoms. The fourth-order valence-corrected chi connectivity index (χ4v) is 3.70. The second kappa shape index (κ2) is 9.88. The average molecular weight is 436 g/mol. The van der Waals surface area contributed by atoms with Crippen LogP contribution in [0.1, 0.15) is 24.1 Å². The molecule has 0 aliphatic carbocycles. The molecule has 1 aromatic heterocycles. The zero-order chi connectivity index (χ0) is 23.2. The average Bonchev–Trinajstić information content (AvgIpc) is 2.88. The summed E-state index contributed by atoms with van der Waals surface area (Å²) in [5, 5.41) is 13.6. The largest absolute Gasteiger partial charge is 0.497 e. The molecule has 0 unspecified atom stereocenters. The minimum absolute atomic E-state index is 0.0272. The molecule has 0 bridgehead atoms. The summed E-state index contributed by atoms with van der Waals surface area (Å²) in [6.07, 6.45) is 0. The van der Waals surface area contributed by atoms with Crippen molar-refractivity contribution in [2.45, 2.75) is 13.0 Å². The second-order valence-electron chi connectivity index (χ2n) is 7.62. The first-order valence-corrected chi connectivity index (χ1v) is 10.7. The van der Waals surface area contributed by atoms with Gasteiger partial charge >= 0.3 is 0 Å². The number of nitriles is 1. The topological polar surface area (TPSA) is 67.2 Å². The van der Waals surface area contributed by atoms with Gasteiger partial charge in [0, 0.05) is 17.2 Å². The third kappa shape index (κ3) is 4.81. The number of nitrogens with zero attached hydrogens (tertiary/aromatic N) is 2. The molecule has 164 valence electrons. The Morgan fingerprint density at radius 1 is 0.818 bits per heavy atom. The van der Waals surface area contributed by atoms with Crippen molar-refractivity contribution in [2.24, 2.45) is 0 Å². The minimum Gasteiger partial charge on any atom is -0.497 e. The molecule has 0 amide bonds. The summed E-state index contributed by atoms with van der Waals surface area (Å²) in [7, 11) is 3.28. The Bertz CT molecular complexity index is 1260. The highest BCUT2D eigenvalue weighted by Crippen LogP contribution is 2.35. The van der Waals surface area contributed by atoms with Gasteiger partial charge in [0.15, 0.2) is 0 Å². The lowest BCUT2D eigenvalue weighted by Crippen LogP contribution is -2.10. The molecule has 4 rings (SSSR count). The van der Waals surface area contributed by atoms with E-state index in [0.717, 1.165) is 39.4 Å². The Balaban J connectivity index is 1.84. The van der Waals surface area contributed by atoms with Crippen LogP contribution in [0.3, 0.4) is 0 Å². The van der Waals surface area contributed by atoms with E-state index in [4.69, 9.17) is 14.5 Å². The van der Waals surface area contributed by atoms with Crippen LogP contribution in [0.4, 0.5) is 5.82 Å². The lowest BCUT2D eigenvalue weighted by molar-refractivity contribution is 0.415. The molecule has 0 saturated carbocycles. The third-order valence-electron chi connectivity index (χ3n) is 5.57. The number of benzene rings is 3. The SMILES string of the molecule is COc1ccc(-c2cc(-c3ccc(OC)cc3)c(C#N)c(N[C@@H](C)c3ccccc3)n2)cc1. The number of hydrogen-bond acceptors (Lipinski definition) is 5. The third-order valence-corrected chi connectivity index (χ3v) is 5.57. The normalized spacial score (nSPS) is 11.3. The van der Waals surface area contributed by atoms with Gasteiger partial charge in [-0.3, -0.25) is 0 Å². The van der Waals surface area contributed by atoms with Crippen LogP contribution in [-0.2, 0) is 0 Å². The van der Waals surface area contributed by atoms with E-state index < -0.39 is 0 Å². The molecule has 0 aliphatic rings. The van der Waals surface area contributed by atoms with Crippen LogP contribution in [0.15, 0.2) is 84.9 Å². The lowest BCUT2D eigenvalue weighted by Gasteiger charge is -2.19. The standard InChI is InChI=1S/C28H25N3O2/c1-19(20-7-5-4-6-8-20)30-28-26(18-29)25(21-9-13-23(32-2)14-10-21)17-27(31-28)22-11-15-24(33-3)16-12-22/h4-17,19H,1-3H3,(H,30,31)/t19-/m0/s1. The molecule has 1 atom stereocenters. The van der Waals surface area contributed by atoms with E-state index in [2.05, 4.69) is 30.4 Å². The molecule has 1 heterocycles. The van der Waals surface area contributed by atoms with Crippen molar-refractivity contribution in [3.63, 3.8) is 0 Å². The van der Waals surface area contributed by atoms with Crippen molar-refractivity contribution in [2.75, 3.05) is 19.5 Å². The van der Waals surface area contributed by atoms with E-state index >= 15 is 0 Å². The van der Waals surface area contributed by atoms with Gasteiger partial charge in [-0.15, -0.1) is 0 Å². The van der Waals surface area contributed by atoms with E-state index in [-0.39, 0.29) is 6.04 Å². The Hall–Kier alpha value is -4.30. The maximum Gasteiger partial charge on any atom is 0.145 e. The van der Waals surface area contributed by atoms with Crippen LogP contribution in [0.5, 0.6) is 11.5 Å². The number of nitrogens with one attached hydrogen (secondary N) is 1. The van der Waals surface area contributed by atoms with Crippen molar-refractivity contribution in [1.82, 2.24) is 4.98 Å². The molecule has 0 saturated heterocycles. The summed E-state index contributed by atoms with van der Waals surface area (Å²) in [6.45, 7) is 2.06. The Morgan fingerprint density at radius 2 is 1.39 bits per heavy atom. The van der Waals surface area contributed by atoms with Gasteiger partial charge in [-0.1, -0.05) is 42.5 Å². The predicted molar refractivity (Wildman–Crippen MR) is 131 cm³/mol. The van der Waals surface area contributed by atoms with Gasteiger partial charge in [0.2, 0.25) is 0 Å². The number of hydrogen-bond donors (Lipinski definition) is 1. The van der Waals surface area contributed by atoms with Gasteiger partial charge < -0.3 is 14.8 Å². The quantitative estimate of drug-likeness (QED) is 0.360. The zero-order valence-electron chi connectivity index (χ0n) is 18.9. The number of anilines is 1. The van der Waals surface area contributed by atoms with Gasteiger partial charge in [0.25, 0.3) is 0 Å². The molecule has 0 spiro atoms. The van der Waals surface area contributed by atoms with Crippen LogP contribution in [-0.4, -0.2) is 19.2 Å². The zero-order valence-corrected chi connectivity index (χ0v) is 18.9. The van der Waals surface area contributed by atoms with Crippen LogP contribution >= 0.6 is 0 Å². The van der Waals surface area contributed by atoms with Gasteiger partial charge in [-0.05, 0) is 60.5 Å². The number of ether oxygens (including phenoxy) is 2. The fourth-order valence-electron chi connectivity index (χ4n) is 3.70. The van der Waals surface area contributed by atoms with Gasteiger partial charge in [-0.2, -0.15) is 5.26 Å². The monoisotopic (exact) mass is 435 g/mol. The van der Waals surface area contributed by atoms with E-state index in [1.54, 1.807) is 14.2 Å². The van der Waals surface area contributed by atoms with Crippen LogP contribution in [0.2, 0.25) is 0 Å². The Morgan fingerprint density at radius 3 is 1.94 bits per heavy atom. The van der Waals surface area contributed by atoms with Gasteiger partial charge in [0.05, 0.1) is 19.9 Å². The van der Waals surface area contributed by atoms with Gasteiger partial charge in [-0.25, -0.2) is 4.98 Å². The van der Waals surface area contributed by atoms with Crippen LogP contribution in [0.25, 0.3) is 22.4 Å². The van der Waals surface area contributed by atoms with Crippen molar-refractivity contribution >= 4 is 5.82 Å². The van der Waals surface area contributed by atoms with Crippen molar-refractivity contribution in [1.29, 1.82) is 5.26 Å². The van der Waals surface area contributed by atoms with E-state index in [0.29, 0.717) is 11.4 Å². The van der Waals surface area contributed by atoms with E-state index in [9.17, 15) is 5.26 Å². The predicted octanol–water partition coefficient (Wildman–Crippen LogP) is 6.48. The summed E-state index contributed by atoms with van der Waals surface area (Å²) in [5.74, 6) is 2.09. The number of pyridine rings is 1. The molecule has 0 aliphatic heterocycles. The molecule has 0 fully saturated rings. The Labute approximate surface area is 194 Å². The lowest BCUT2D eigenvalue weighted by atomic mass is 9.97. The number of rotatable bonds is 7. The molecular weight excluding hydrogens is 410 g/mol. The maximum atomic E-state index is 10.1. The molecule has 5 heteroatoms. The minimum atomic E-state index is -0.0272. The first-order valence-electron chi connectivity index (χ1n) is 10.7. The van der Waals surface area contributed by atoms with E-state index in [1.807, 2.05) is 72.8 Å². The summed E-state index contributed by atoms with van der Waals surface area (Å²) in [6, 6.07) is 29.8. The Kier molecular flexibility index (Phi) is 6.56. The summed E-state index contributed by atoms with van der Waals surface area (Å²) >= 11 is 0. The first-order chi connectivity index (χ1) is 16.1. The molecule has 0 radical (unpaired) electrons. The van der Waals surface area contributed by atoms with Crippen molar-refractivity contribution in [3.8, 4) is 40.0 Å². The molecule has 3 aromatic carbocycles. The first kappa shape index (κ1) is 21.9. The van der Waals surface area contributed by atoms with Crippen LogP contribution in [0, 0.1) is 11.3 Å². The molecule has 1 N–H and O–H groups in total. The summed E-state index contributed by atoms with van der Waals surface area (Å²) in [4.78, 5) is 4.86. The van der Waals surface area contributed by atoms with Crippen molar-refractivity contribution in [3.05, 3.63) is 96.1 Å².